The Morgan fingerprint density at radius 3 is 1.31 bits per heavy atom. The Morgan fingerprint density at radius 1 is 0.271 bits per heavy atom. The van der Waals surface area contributed by atoms with Gasteiger partial charge in [0.05, 0.1) is 5.69 Å². The quantitative estimate of drug-likeness (QED) is 0.162. The highest BCUT2D eigenvalue weighted by Crippen LogP contribution is 2.38. The van der Waals surface area contributed by atoms with Crippen molar-refractivity contribution >= 4 is 27.2 Å². The first-order valence-electron chi connectivity index (χ1n) is 19.7. The molecule has 59 heavy (non-hydrogen) atoms. The molecule has 8 aromatic carbocycles. The smallest absolute Gasteiger partial charge is 0.164 e. The van der Waals surface area contributed by atoms with E-state index in [1.807, 2.05) is 42.5 Å². The fourth-order valence-corrected chi connectivity index (χ4v) is 7.92. The van der Waals surface area contributed by atoms with E-state index >= 15 is 0 Å². The van der Waals surface area contributed by atoms with Crippen molar-refractivity contribution in [3.63, 3.8) is 0 Å². The van der Waals surface area contributed by atoms with Gasteiger partial charge in [-0.3, -0.25) is 4.40 Å². The molecule has 11 rings (SSSR count). The van der Waals surface area contributed by atoms with Gasteiger partial charge in [0.25, 0.3) is 0 Å². The maximum absolute atomic E-state index is 5.28. The van der Waals surface area contributed by atoms with Crippen LogP contribution in [0.1, 0.15) is 0 Å². The molecule has 0 unspecified atom stereocenters. The topological polar surface area (TPSA) is 68.9 Å². The van der Waals surface area contributed by atoms with E-state index < -0.39 is 0 Å². The van der Waals surface area contributed by atoms with Crippen LogP contribution in [-0.4, -0.2) is 29.3 Å². The van der Waals surface area contributed by atoms with E-state index in [0.717, 1.165) is 77.8 Å². The SMILES string of the molecule is c1ccc(-c2nc(-c3ccc(-c4ccc(-c5nc(-c6ccccc6)n6c(-c7ccccc7)c7ccccc7c6n5)cc4)cc3)nc(-c3ccc4ccccc4c3)n2)cc1. The summed E-state index contributed by atoms with van der Waals surface area (Å²) in [6.07, 6.45) is 0. The number of fused-ring (bicyclic) bond motifs is 4. The zero-order valence-corrected chi connectivity index (χ0v) is 31.8. The van der Waals surface area contributed by atoms with Crippen molar-refractivity contribution in [3.8, 4) is 79.3 Å². The molecule has 0 bridgehead atoms. The maximum atomic E-state index is 5.28. The summed E-state index contributed by atoms with van der Waals surface area (Å²) in [5, 5.41) is 4.54. The molecule has 0 fully saturated rings. The van der Waals surface area contributed by atoms with Crippen LogP contribution in [0.2, 0.25) is 0 Å². The molecule has 3 aromatic heterocycles. The van der Waals surface area contributed by atoms with E-state index in [0.29, 0.717) is 23.3 Å². The van der Waals surface area contributed by atoms with Gasteiger partial charge in [0.1, 0.15) is 11.5 Å². The molecule has 3 heterocycles. The Kier molecular flexibility index (Phi) is 8.37. The van der Waals surface area contributed by atoms with Crippen LogP contribution < -0.4 is 0 Å². The highest BCUT2D eigenvalue weighted by atomic mass is 15.1. The van der Waals surface area contributed by atoms with Crippen LogP contribution in [0, 0.1) is 0 Å². The first-order valence-corrected chi connectivity index (χ1v) is 19.7. The van der Waals surface area contributed by atoms with Crippen LogP contribution in [0.5, 0.6) is 0 Å². The molecule has 0 aliphatic rings. The number of aromatic nitrogens is 6. The fourth-order valence-electron chi connectivity index (χ4n) is 7.92. The van der Waals surface area contributed by atoms with Crippen LogP contribution in [0.15, 0.2) is 206 Å². The summed E-state index contributed by atoms with van der Waals surface area (Å²) >= 11 is 0. The second-order valence-corrected chi connectivity index (χ2v) is 14.5. The minimum atomic E-state index is 0.624. The molecule has 11 aromatic rings. The summed E-state index contributed by atoms with van der Waals surface area (Å²) in [5.41, 5.74) is 10.0. The fraction of sp³-hybridized carbons (Fsp3) is 0. The molecule has 0 saturated heterocycles. The van der Waals surface area contributed by atoms with Gasteiger partial charge in [0.15, 0.2) is 23.3 Å². The summed E-state index contributed by atoms with van der Waals surface area (Å²) in [6.45, 7) is 0. The second kappa shape index (κ2) is 14.4. The predicted molar refractivity (Wildman–Crippen MR) is 239 cm³/mol. The number of hydrogen-bond acceptors (Lipinski definition) is 5. The summed E-state index contributed by atoms with van der Waals surface area (Å²) < 4.78 is 2.22. The molecule has 6 heteroatoms. The van der Waals surface area contributed by atoms with Gasteiger partial charge in [0, 0.05) is 38.6 Å². The highest BCUT2D eigenvalue weighted by Gasteiger charge is 2.21. The Labute approximate surface area is 340 Å². The van der Waals surface area contributed by atoms with E-state index in [-0.39, 0.29) is 0 Å². The molecule has 0 N–H and O–H groups in total. The van der Waals surface area contributed by atoms with Gasteiger partial charge in [0.2, 0.25) is 0 Å². The van der Waals surface area contributed by atoms with Crippen molar-refractivity contribution < 1.29 is 0 Å². The van der Waals surface area contributed by atoms with Gasteiger partial charge in [-0.1, -0.05) is 200 Å². The third kappa shape index (κ3) is 6.29. The Morgan fingerprint density at radius 2 is 0.695 bits per heavy atom. The van der Waals surface area contributed by atoms with E-state index in [1.54, 1.807) is 0 Å². The zero-order valence-electron chi connectivity index (χ0n) is 31.8. The molecule has 0 radical (unpaired) electrons. The van der Waals surface area contributed by atoms with Crippen LogP contribution in [0.25, 0.3) is 107 Å². The lowest BCUT2D eigenvalue weighted by atomic mass is 10.0. The summed E-state index contributed by atoms with van der Waals surface area (Å²) in [4.78, 5) is 25.4. The molecule has 276 valence electrons. The summed E-state index contributed by atoms with van der Waals surface area (Å²) in [5.74, 6) is 3.42. The lowest BCUT2D eigenvalue weighted by Gasteiger charge is -2.12. The number of rotatable bonds is 7. The van der Waals surface area contributed by atoms with Crippen molar-refractivity contribution in [3.05, 3.63) is 206 Å². The van der Waals surface area contributed by atoms with Gasteiger partial charge in [-0.15, -0.1) is 0 Å². The Balaban J connectivity index is 0.963. The monoisotopic (exact) mass is 754 g/mol. The molecular weight excluding hydrogens is 721 g/mol. The zero-order chi connectivity index (χ0) is 39.1. The third-order valence-corrected chi connectivity index (χ3v) is 10.9. The normalized spacial score (nSPS) is 11.4. The van der Waals surface area contributed by atoms with Gasteiger partial charge < -0.3 is 0 Å². The van der Waals surface area contributed by atoms with E-state index in [2.05, 4.69) is 168 Å². The third-order valence-electron chi connectivity index (χ3n) is 10.9. The van der Waals surface area contributed by atoms with Crippen LogP contribution >= 0.6 is 0 Å². The molecule has 6 nitrogen and oxygen atoms in total. The van der Waals surface area contributed by atoms with Crippen molar-refractivity contribution in [2.24, 2.45) is 0 Å². The predicted octanol–water partition coefficient (Wildman–Crippen LogP) is 12.9. The van der Waals surface area contributed by atoms with E-state index in [9.17, 15) is 0 Å². The molecule has 0 spiro atoms. The van der Waals surface area contributed by atoms with E-state index in [1.165, 1.54) is 5.39 Å². The number of benzene rings is 8. The number of hydrogen-bond donors (Lipinski definition) is 0. The average Bonchev–Trinajstić information content (AvgIpc) is 3.66. The second-order valence-electron chi connectivity index (χ2n) is 14.5. The lowest BCUT2D eigenvalue weighted by Crippen LogP contribution is -2.03. The van der Waals surface area contributed by atoms with Gasteiger partial charge in [-0.05, 0) is 33.5 Å². The average molecular weight is 755 g/mol. The molecule has 0 atom stereocenters. The van der Waals surface area contributed by atoms with Gasteiger partial charge in [-0.2, -0.15) is 0 Å². The van der Waals surface area contributed by atoms with Crippen molar-refractivity contribution in [2.45, 2.75) is 0 Å². The van der Waals surface area contributed by atoms with Crippen molar-refractivity contribution in [1.29, 1.82) is 0 Å². The van der Waals surface area contributed by atoms with Crippen LogP contribution in [0.3, 0.4) is 0 Å². The molecule has 0 aliphatic heterocycles. The first-order chi connectivity index (χ1) is 29.2. The van der Waals surface area contributed by atoms with Crippen molar-refractivity contribution in [1.82, 2.24) is 29.3 Å². The summed E-state index contributed by atoms with van der Waals surface area (Å²) in [7, 11) is 0. The largest absolute Gasteiger partial charge is 0.277 e. The molecular formula is C53H34N6. The van der Waals surface area contributed by atoms with Gasteiger partial charge >= 0.3 is 0 Å². The van der Waals surface area contributed by atoms with Crippen molar-refractivity contribution in [2.75, 3.05) is 0 Å². The summed E-state index contributed by atoms with van der Waals surface area (Å²) in [6, 6.07) is 71.0. The highest BCUT2D eigenvalue weighted by molar-refractivity contribution is 6.06. The van der Waals surface area contributed by atoms with Crippen LogP contribution in [0.4, 0.5) is 0 Å². The molecule has 0 amide bonds. The Hall–Kier alpha value is -8.09. The van der Waals surface area contributed by atoms with E-state index in [4.69, 9.17) is 24.9 Å². The van der Waals surface area contributed by atoms with Crippen LogP contribution in [-0.2, 0) is 0 Å². The van der Waals surface area contributed by atoms with Gasteiger partial charge in [-0.25, -0.2) is 24.9 Å². The molecule has 0 aliphatic carbocycles. The minimum Gasteiger partial charge on any atom is -0.277 e. The number of nitrogens with zero attached hydrogens (tertiary/aromatic N) is 6. The Bertz CT molecular complexity index is 3290. The maximum Gasteiger partial charge on any atom is 0.164 e. The molecule has 0 saturated carbocycles. The standard InChI is InChI=1S/C53H34N6/c1-4-15-38(16-5-1)47-45-22-12-13-23-46(45)53-58-50(57-52(59(47)53)42-19-8-3-9-20-42)41-31-26-37(27-32-41)36-24-29-40(30-25-36)49-54-48(39-17-6-2-7-18-39)55-51(56-49)44-33-28-35-14-10-11-21-43(35)34-44/h1-34H. The lowest BCUT2D eigenvalue weighted by molar-refractivity contribution is 1.05. The first kappa shape index (κ1) is 34.2. The minimum absolute atomic E-state index is 0.624.